The first-order valence-electron chi connectivity index (χ1n) is 12.4. The predicted molar refractivity (Wildman–Crippen MR) is 144 cm³/mol. The average molecular weight is 588 g/mol. The van der Waals surface area contributed by atoms with E-state index in [1.807, 2.05) is 25.1 Å². The number of carbonyl (C=O) groups excluding carboxylic acids is 2. The van der Waals surface area contributed by atoms with Crippen molar-refractivity contribution in [3.05, 3.63) is 80.4 Å². The fourth-order valence-corrected chi connectivity index (χ4v) is 5.49. The number of halogens is 2. The number of Topliss-reactive ketones (excluding diaryl/α,β-unsaturated/α-hetero) is 1. The number of dihydropyridines is 1. The van der Waals surface area contributed by atoms with Gasteiger partial charge < -0.3 is 24.3 Å². The van der Waals surface area contributed by atoms with E-state index in [1.54, 1.807) is 33.3 Å². The molecule has 0 fully saturated rings. The van der Waals surface area contributed by atoms with Crippen molar-refractivity contribution in [2.24, 2.45) is 0 Å². The Kier molecular flexibility index (Phi) is 8.89. The van der Waals surface area contributed by atoms with Crippen LogP contribution in [0.25, 0.3) is 0 Å². The Morgan fingerprint density at radius 1 is 1.05 bits per heavy atom. The number of hydrogen-bond acceptors (Lipinski definition) is 7. The van der Waals surface area contributed by atoms with Crippen LogP contribution in [0, 0.1) is 5.82 Å². The van der Waals surface area contributed by atoms with E-state index >= 15 is 0 Å². The summed E-state index contributed by atoms with van der Waals surface area (Å²) in [7, 11) is 3.15. The van der Waals surface area contributed by atoms with Gasteiger partial charge in [0, 0.05) is 35.9 Å². The Morgan fingerprint density at radius 3 is 2.47 bits per heavy atom. The number of esters is 1. The Hall–Kier alpha value is -3.17. The molecule has 0 saturated carbocycles. The summed E-state index contributed by atoms with van der Waals surface area (Å²) in [5.41, 5.74) is 3.75. The highest BCUT2D eigenvalue weighted by atomic mass is 79.9. The molecule has 38 heavy (non-hydrogen) atoms. The van der Waals surface area contributed by atoms with Gasteiger partial charge in [0.1, 0.15) is 12.4 Å². The molecule has 202 valence electrons. The van der Waals surface area contributed by atoms with Crippen LogP contribution < -0.4 is 14.8 Å². The Morgan fingerprint density at radius 2 is 1.79 bits per heavy atom. The second-order valence-electron chi connectivity index (χ2n) is 9.14. The lowest BCUT2D eigenvalue weighted by Crippen LogP contribution is -2.36. The molecule has 0 amide bonds. The Bertz CT molecular complexity index is 1300. The van der Waals surface area contributed by atoms with Gasteiger partial charge in [0.25, 0.3) is 0 Å². The molecular weight excluding hydrogens is 557 g/mol. The van der Waals surface area contributed by atoms with Crippen LogP contribution in [0.4, 0.5) is 4.39 Å². The van der Waals surface area contributed by atoms with E-state index in [1.165, 1.54) is 6.07 Å². The third-order valence-corrected chi connectivity index (χ3v) is 7.48. The van der Waals surface area contributed by atoms with E-state index in [2.05, 4.69) is 21.2 Å². The van der Waals surface area contributed by atoms with Crippen LogP contribution >= 0.6 is 15.9 Å². The Labute approximate surface area is 230 Å². The third kappa shape index (κ3) is 5.63. The van der Waals surface area contributed by atoms with Crippen molar-refractivity contribution < 1.29 is 32.9 Å². The molecule has 0 saturated heterocycles. The molecule has 1 aliphatic carbocycles. The largest absolute Gasteiger partial charge is 0.493 e. The van der Waals surface area contributed by atoms with Crippen LogP contribution in [0.5, 0.6) is 11.5 Å². The number of benzene rings is 2. The molecule has 9 heteroatoms. The molecule has 1 aliphatic heterocycles. The first kappa shape index (κ1) is 27.9. The molecule has 2 aromatic rings. The number of carbonyl (C=O) groups is 2. The fraction of sp³-hybridized carbons (Fsp3) is 0.379. The first-order chi connectivity index (χ1) is 18.3. The van der Waals surface area contributed by atoms with Crippen LogP contribution in [-0.4, -0.2) is 45.8 Å². The minimum absolute atomic E-state index is 0.0869. The van der Waals surface area contributed by atoms with E-state index in [0.717, 1.165) is 11.3 Å². The highest BCUT2D eigenvalue weighted by molar-refractivity contribution is 9.10. The zero-order chi connectivity index (χ0) is 27.4. The summed E-state index contributed by atoms with van der Waals surface area (Å²) in [6.07, 6.45) is 0.806. The van der Waals surface area contributed by atoms with Crippen LogP contribution in [0.15, 0.2) is 63.4 Å². The molecule has 0 unspecified atom stereocenters. The van der Waals surface area contributed by atoms with Crippen LogP contribution in [0.1, 0.15) is 49.7 Å². The number of hydrogen-bond donors (Lipinski definition) is 1. The van der Waals surface area contributed by atoms with E-state index in [0.29, 0.717) is 46.9 Å². The molecule has 1 heterocycles. The molecule has 2 aromatic carbocycles. The third-order valence-electron chi connectivity index (χ3n) is 6.87. The fourth-order valence-electron chi connectivity index (χ4n) is 5.09. The molecular formula is C29H31BrFNO6. The predicted octanol–water partition coefficient (Wildman–Crippen LogP) is 5.55. The monoisotopic (exact) mass is 587 g/mol. The number of allylic oxidation sites excluding steroid dienone is 3. The number of ketones is 1. The molecule has 0 radical (unpaired) electrons. The quantitative estimate of drug-likeness (QED) is 0.304. The summed E-state index contributed by atoms with van der Waals surface area (Å²) in [6.45, 7) is 4.52. The molecule has 0 bridgehead atoms. The maximum Gasteiger partial charge on any atom is 0.336 e. The van der Waals surface area contributed by atoms with Crippen molar-refractivity contribution in [3.63, 3.8) is 0 Å². The molecule has 0 aromatic heterocycles. The minimum Gasteiger partial charge on any atom is -0.493 e. The number of ether oxygens (including phenoxy) is 4. The lowest BCUT2D eigenvalue weighted by molar-refractivity contribution is -0.140. The SMILES string of the molecule is CCOCCOC(=O)C1=C(C)NC2=C(C(=O)C[C@H](c3ccc(OC)c(OC)c3)C2)[C@H]1c1ccc(F)c(Br)c1. The standard InChI is InChI=1S/C29H31BrFNO6/c1-5-37-10-11-38-29(34)26-16(2)32-22-13-19(17-7-9-24(35-3)25(15-17)36-4)14-23(33)28(22)27(26)18-6-8-21(31)20(30)12-18/h6-9,12,15,19,27,32H,5,10-11,13-14H2,1-4H3/t19-,27+/m1/s1. The zero-order valence-electron chi connectivity index (χ0n) is 21.9. The van der Waals surface area contributed by atoms with Gasteiger partial charge in [-0.3, -0.25) is 4.79 Å². The van der Waals surface area contributed by atoms with Gasteiger partial charge in [0.15, 0.2) is 17.3 Å². The van der Waals surface area contributed by atoms with Crippen molar-refractivity contribution >= 4 is 27.7 Å². The van der Waals surface area contributed by atoms with E-state index < -0.39 is 17.7 Å². The highest BCUT2D eigenvalue weighted by Gasteiger charge is 2.41. The zero-order valence-corrected chi connectivity index (χ0v) is 23.4. The van der Waals surface area contributed by atoms with E-state index in [4.69, 9.17) is 18.9 Å². The van der Waals surface area contributed by atoms with Gasteiger partial charge in [0.2, 0.25) is 0 Å². The molecule has 4 rings (SSSR count). The summed E-state index contributed by atoms with van der Waals surface area (Å²) in [5, 5.41) is 3.32. The van der Waals surface area contributed by atoms with Gasteiger partial charge in [-0.2, -0.15) is 0 Å². The van der Waals surface area contributed by atoms with Crippen molar-refractivity contribution in [3.8, 4) is 11.5 Å². The number of rotatable bonds is 9. The topological polar surface area (TPSA) is 83.1 Å². The second-order valence-corrected chi connectivity index (χ2v) is 9.99. The van der Waals surface area contributed by atoms with Crippen molar-refractivity contribution in [2.75, 3.05) is 34.0 Å². The lowest BCUT2D eigenvalue weighted by atomic mass is 9.71. The van der Waals surface area contributed by atoms with Gasteiger partial charge >= 0.3 is 5.97 Å². The lowest BCUT2D eigenvalue weighted by Gasteiger charge is -2.37. The summed E-state index contributed by atoms with van der Waals surface area (Å²) >= 11 is 3.25. The van der Waals surface area contributed by atoms with Crippen LogP contribution in [-0.2, 0) is 19.1 Å². The number of methoxy groups -OCH3 is 2. The maximum atomic E-state index is 14.1. The van der Waals surface area contributed by atoms with Gasteiger partial charge in [-0.1, -0.05) is 12.1 Å². The summed E-state index contributed by atoms with van der Waals surface area (Å²) < 4.78 is 36.0. The van der Waals surface area contributed by atoms with Gasteiger partial charge in [-0.05, 0) is 77.5 Å². The normalized spacial score (nSPS) is 19.2. The highest BCUT2D eigenvalue weighted by Crippen LogP contribution is 2.47. The van der Waals surface area contributed by atoms with E-state index in [9.17, 15) is 14.0 Å². The van der Waals surface area contributed by atoms with Crippen molar-refractivity contribution in [1.29, 1.82) is 0 Å². The van der Waals surface area contributed by atoms with Gasteiger partial charge in [-0.15, -0.1) is 0 Å². The van der Waals surface area contributed by atoms with Gasteiger partial charge in [0.05, 0.1) is 30.9 Å². The summed E-state index contributed by atoms with van der Waals surface area (Å²) in [6, 6.07) is 10.2. The first-order valence-corrected chi connectivity index (χ1v) is 13.2. The Balaban J connectivity index is 1.73. The molecule has 0 spiro atoms. The van der Waals surface area contributed by atoms with Crippen molar-refractivity contribution in [1.82, 2.24) is 5.32 Å². The van der Waals surface area contributed by atoms with E-state index in [-0.39, 0.29) is 35.8 Å². The summed E-state index contributed by atoms with van der Waals surface area (Å²) in [4.78, 5) is 27.0. The van der Waals surface area contributed by atoms with Crippen LogP contribution in [0.2, 0.25) is 0 Å². The smallest absolute Gasteiger partial charge is 0.336 e. The molecule has 7 nitrogen and oxygen atoms in total. The minimum atomic E-state index is -0.693. The molecule has 1 N–H and O–H groups in total. The maximum absolute atomic E-state index is 14.1. The average Bonchev–Trinajstić information content (AvgIpc) is 2.91. The molecule has 2 aliphatic rings. The van der Waals surface area contributed by atoms with Crippen molar-refractivity contribution in [2.45, 2.75) is 38.5 Å². The second kappa shape index (κ2) is 12.1. The van der Waals surface area contributed by atoms with Crippen LogP contribution in [0.3, 0.4) is 0 Å². The molecule has 2 atom stereocenters. The van der Waals surface area contributed by atoms with Gasteiger partial charge in [-0.25, -0.2) is 9.18 Å². The summed E-state index contributed by atoms with van der Waals surface area (Å²) in [5.74, 6) is -0.638. The number of nitrogens with one attached hydrogen (secondary N) is 1.